The van der Waals surface area contributed by atoms with Gasteiger partial charge in [0, 0.05) is 28.2 Å². The minimum Gasteiger partial charge on any atom is -0.409 e. The number of esters is 1. The number of amidine groups is 2. The molecular formula is C22H24N6O3. The predicted octanol–water partition coefficient (Wildman–Crippen LogP) is 1.80. The number of aliphatic imine (C=N–C) groups is 1. The number of nitrogens with zero attached hydrogens (tertiary/aromatic N) is 1. The lowest BCUT2D eigenvalue weighted by Gasteiger charge is -2.10. The largest absolute Gasteiger partial charge is 0.409 e. The van der Waals surface area contributed by atoms with Gasteiger partial charge in [-0.2, -0.15) is 0 Å². The Labute approximate surface area is 178 Å². The first-order valence-corrected chi connectivity index (χ1v) is 9.55. The summed E-state index contributed by atoms with van der Waals surface area (Å²) < 4.78 is 5.32. The zero-order valence-electron chi connectivity index (χ0n) is 17.0. The fourth-order valence-corrected chi connectivity index (χ4v) is 3.06. The number of hydrogen-bond donors (Lipinski definition) is 6. The minimum atomic E-state index is -1.08. The number of H-pyrrole nitrogens is 1. The van der Waals surface area contributed by atoms with Crippen LogP contribution >= 0.6 is 0 Å². The van der Waals surface area contributed by atoms with E-state index in [4.69, 9.17) is 27.0 Å². The second kappa shape index (κ2) is 9.23. The number of carbonyl (C=O) groups excluding carboxylic acids is 1. The van der Waals surface area contributed by atoms with Crippen molar-refractivity contribution in [3.8, 4) is 0 Å². The van der Waals surface area contributed by atoms with Crippen molar-refractivity contribution in [2.75, 3.05) is 0 Å². The van der Waals surface area contributed by atoms with E-state index in [1.165, 1.54) is 6.92 Å². The van der Waals surface area contributed by atoms with Gasteiger partial charge in [-0.05, 0) is 42.3 Å². The van der Waals surface area contributed by atoms with Crippen LogP contribution < -0.4 is 11.5 Å². The lowest BCUT2D eigenvalue weighted by Crippen LogP contribution is -2.24. The lowest BCUT2D eigenvalue weighted by molar-refractivity contribution is -0.135. The summed E-state index contributed by atoms with van der Waals surface area (Å²) in [4.78, 5) is 19.8. The molecular weight excluding hydrogens is 396 g/mol. The van der Waals surface area contributed by atoms with Gasteiger partial charge in [0.2, 0.25) is 5.90 Å². The number of benzene rings is 2. The highest BCUT2D eigenvalue weighted by Gasteiger charge is 2.17. The van der Waals surface area contributed by atoms with Crippen LogP contribution in [0.5, 0.6) is 0 Å². The van der Waals surface area contributed by atoms with Gasteiger partial charge in [0.05, 0.1) is 13.0 Å². The van der Waals surface area contributed by atoms with Gasteiger partial charge in [0.25, 0.3) is 0 Å². The number of rotatable bonds is 7. The first kappa shape index (κ1) is 21.7. The van der Waals surface area contributed by atoms with Crippen molar-refractivity contribution in [2.24, 2.45) is 16.5 Å². The van der Waals surface area contributed by atoms with E-state index in [9.17, 15) is 9.90 Å². The van der Waals surface area contributed by atoms with Gasteiger partial charge in [-0.1, -0.05) is 18.2 Å². The van der Waals surface area contributed by atoms with Crippen molar-refractivity contribution in [3.63, 3.8) is 0 Å². The average molecular weight is 420 g/mol. The monoisotopic (exact) mass is 420 g/mol. The molecule has 160 valence electrons. The van der Waals surface area contributed by atoms with Crippen LogP contribution in [0, 0.1) is 10.8 Å². The number of nitrogen functional groups attached to an aromatic ring is 2. The van der Waals surface area contributed by atoms with Gasteiger partial charge in [0.15, 0.2) is 0 Å². The van der Waals surface area contributed by atoms with E-state index >= 15 is 0 Å². The van der Waals surface area contributed by atoms with Crippen molar-refractivity contribution in [1.29, 1.82) is 10.8 Å². The van der Waals surface area contributed by atoms with Crippen LogP contribution in [-0.2, 0) is 22.5 Å². The van der Waals surface area contributed by atoms with Crippen LogP contribution in [0.2, 0.25) is 0 Å². The number of hydrogen-bond acceptors (Lipinski definition) is 6. The van der Waals surface area contributed by atoms with Crippen molar-refractivity contribution >= 4 is 34.4 Å². The van der Waals surface area contributed by atoms with Gasteiger partial charge in [0.1, 0.15) is 17.8 Å². The molecule has 1 aromatic heterocycles. The lowest BCUT2D eigenvalue weighted by atomic mass is 10.1. The van der Waals surface area contributed by atoms with Crippen molar-refractivity contribution < 1.29 is 14.6 Å². The summed E-state index contributed by atoms with van der Waals surface area (Å²) in [5, 5.41) is 25.8. The molecule has 0 bridgehead atoms. The Morgan fingerprint density at radius 3 is 2.55 bits per heavy atom. The number of carbonyl (C=O) groups is 1. The third-order valence-electron chi connectivity index (χ3n) is 4.64. The van der Waals surface area contributed by atoms with Crippen molar-refractivity contribution in [3.05, 3.63) is 70.9 Å². The van der Waals surface area contributed by atoms with Gasteiger partial charge >= 0.3 is 5.97 Å². The molecule has 0 aliphatic heterocycles. The molecule has 0 saturated carbocycles. The summed E-state index contributed by atoms with van der Waals surface area (Å²) in [7, 11) is 0. The Morgan fingerprint density at radius 1 is 1.16 bits per heavy atom. The van der Waals surface area contributed by atoms with Crippen LogP contribution in [0.4, 0.5) is 0 Å². The molecule has 0 spiro atoms. The Hall–Kier alpha value is -3.98. The smallest absolute Gasteiger partial charge is 0.316 e. The number of aliphatic hydroxyl groups is 1. The highest BCUT2D eigenvalue weighted by Crippen LogP contribution is 2.21. The fraction of sp³-hybridized carbons (Fsp3) is 0.182. The van der Waals surface area contributed by atoms with Gasteiger partial charge in [-0.15, -0.1) is 0 Å². The van der Waals surface area contributed by atoms with Crippen LogP contribution in [0.15, 0.2) is 53.7 Å². The maximum Gasteiger partial charge on any atom is 0.316 e. The summed E-state index contributed by atoms with van der Waals surface area (Å²) >= 11 is 0. The molecule has 9 nitrogen and oxygen atoms in total. The first-order chi connectivity index (χ1) is 14.7. The van der Waals surface area contributed by atoms with E-state index in [1.54, 1.807) is 48.7 Å². The van der Waals surface area contributed by atoms with E-state index in [0.717, 1.165) is 16.5 Å². The summed E-state index contributed by atoms with van der Waals surface area (Å²) in [6.45, 7) is 1.62. The second-order valence-electron chi connectivity index (χ2n) is 7.08. The molecule has 8 N–H and O–H groups in total. The van der Waals surface area contributed by atoms with E-state index in [0.29, 0.717) is 16.7 Å². The standard InChI is InChI=1S/C22H24N6O3/c1-12(29)22(28-10-13-3-2-4-14(7-13)20(23)24)31-19(30)9-16-11-27-18-6-5-15(21(25)26)8-17(16)18/h2-8,11-12,27,29H,9-10H2,1H3,(H3,23,24)(H3,25,26). The Balaban J connectivity index is 1.74. The summed E-state index contributed by atoms with van der Waals surface area (Å²) in [5.74, 6) is -0.789. The fourth-order valence-electron chi connectivity index (χ4n) is 3.06. The average Bonchev–Trinajstić information content (AvgIpc) is 3.12. The molecule has 3 aromatic rings. The van der Waals surface area contributed by atoms with Crippen LogP contribution in [0.25, 0.3) is 10.9 Å². The van der Waals surface area contributed by atoms with E-state index in [2.05, 4.69) is 9.98 Å². The Bertz CT molecular complexity index is 1180. The third kappa shape index (κ3) is 5.34. The van der Waals surface area contributed by atoms with Gasteiger partial charge < -0.3 is 26.3 Å². The van der Waals surface area contributed by atoms with Crippen molar-refractivity contribution in [1.82, 2.24) is 4.98 Å². The number of nitrogens with two attached hydrogens (primary N) is 2. The molecule has 3 rings (SSSR count). The Morgan fingerprint density at radius 2 is 1.87 bits per heavy atom. The molecule has 2 aromatic carbocycles. The maximum atomic E-state index is 12.5. The van der Waals surface area contributed by atoms with Gasteiger partial charge in [-0.3, -0.25) is 15.6 Å². The molecule has 9 heteroatoms. The quantitative estimate of drug-likeness (QED) is 0.194. The minimum absolute atomic E-state index is 0.0487. The molecule has 31 heavy (non-hydrogen) atoms. The first-order valence-electron chi connectivity index (χ1n) is 9.55. The Kier molecular flexibility index (Phi) is 6.46. The zero-order valence-corrected chi connectivity index (χ0v) is 17.0. The number of aliphatic hydroxyl groups excluding tert-OH is 1. The highest BCUT2D eigenvalue weighted by atomic mass is 16.6. The molecule has 0 aliphatic rings. The summed E-state index contributed by atoms with van der Waals surface area (Å²) in [5.41, 5.74) is 14.4. The topological polar surface area (TPSA) is 174 Å². The van der Waals surface area contributed by atoms with Crippen LogP contribution in [0.1, 0.15) is 29.2 Å². The predicted molar refractivity (Wildman–Crippen MR) is 119 cm³/mol. The molecule has 0 fully saturated rings. The summed E-state index contributed by atoms with van der Waals surface area (Å²) in [6, 6.07) is 12.2. The van der Waals surface area contributed by atoms with Crippen LogP contribution in [-0.4, -0.2) is 39.7 Å². The SMILES string of the molecule is CC(O)C(=NCc1cccc(C(=N)N)c1)OC(=O)Cc1c[nH]c2ccc(C(=N)N)cc12. The normalized spacial score (nSPS) is 12.5. The maximum absolute atomic E-state index is 12.5. The van der Waals surface area contributed by atoms with Gasteiger partial charge in [-0.25, -0.2) is 4.99 Å². The highest BCUT2D eigenvalue weighted by molar-refractivity contribution is 6.00. The number of ether oxygens (including phenoxy) is 1. The molecule has 0 aliphatic carbocycles. The van der Waals surface area contributed by atoms with Crippen molar-refractivity contribution in [2.45, 2.75) is 26.0 Å². The van der Waals surface area contributed by atoms with E-state index < -0.39 is 12.1 Å². The van der Waals surface area contributed by atoms with E-state index in [1.807, 2.05) is 0 Å². The molecule has 0 amide bonds. The van der Waals surface area contributed by atoms with E-state index in [-0.39, 0.29) is 30.5 Å². The molecule has 0 radical (unpaired) electrons. The zero-order chi connectivity index (χ0) is 22.5. The second-order valence-corrected chi connectivity index (χ2v) is 7.08. The van der Waals surface area contributed by atoms with Crippen LogP contribution in [0.3, 0.4) is 0 Å². The molecule has 1 heterocycles. The number of aromatic nitrogens is 1. The molecule has 0 saturated heterocycles. The molecule has 1 atom stereocenters. The summed E-state index contributed by atoms with van der Waals surface area (Å²) in [6.07, 6.45) is 0.571. The third-order valence-corrected chi connectivity index (χ3v) is 4.64. The molecule has 1 unspecified atom stereocenters. The number of aromatic amines is 1. The number of fused-ring (bicyclic) bond motifs is 1. The number of nitrogens with one attached hydrogen (secondary N) is 3.